The highest BCUT2D eigenvalue weighted by atomic mass is 32.2. The smallest absolute Gasteiger partial charge is 0.382 e. The molecule has 102 valence electrons. The maximum atomic E-state index is 12.2. The van der Waals surface area contributed by atoms with E-state index in [0.29, 0.717) is 12.0 Å². The van der Waals surface area contributed by atoms with Crippen LogP contribution in [0.1, 0.15) is 27.2 Å². The van der Waals surface area contributed by atoms with E-state index >= 15 is 0 Å². The Bertz CT molecular complexity index is 359. The maximum Gasteiger partial charge on any atom is 0.446 e. The lowest BCUT2D eigenvalue weighted by molar-refractivity contribution is -0.0328. The highest BCUT2D eigenvalue weighted by molar-refractivity contribution is 8.00. The summed E-state index contributed by atoms with van der Waals surface area (Å²) in [7, 11) is 0. The van der Waals surface area contributed by atoms with Crippen molar-refractivity contribution in [2.75, 3.05) is 5.32 Å². The van der Waals surface area contributed by atoms with Crippen molar-refractivity contribution in [3.05, 3.63) is 24.3 Å². The minimum absolute atomic E-state index is 0.0874. The molecule has 0 aliphatic carbocycles. The molecule has 0 heterocycles. The number of halogens is 3. The standard InChI is InChI=1S/C13H18F3NS/c1-4-12(9(2)3)17-10-5-7-11(8-6-10)18-13(14,15)16/h5-9,12,17H,4H2,1-3H3. The molecule has 0 amide bonds. The molecule has 1 unspecified atom stereocenters. The summed E-state index contributed by atoms with van der Waals surface area (Å²) >= 11 is -0.0874. The van der Waals surface area contributed by atoms with Gasteiger partial charge in [-0.3, -0.25) is 0 Å². The number of anilines is 1. The molecule has 0 bridgehead atoms. The molecule has 0 aromatic heterocycles. The van der Waals surface area contributed by atoms with Crippen LogP contribution >= 0.6 is 11.8 Å². The molecule has 0 aliphatic rings. The van der Waals surface area contributed by atoms with Gasteiger partial charge in [-0.2, -0.15) is 13.2 Å². The first kappa shape index (κ1) is 15.2. The van der Waals surface area contributed by atoms with Crippen molar-refractivity contribution in [2.24, 2.45) is 5.92 Å². The van der Waals surface area contributed by atoms with E-state index in [1.54, 1.807) is 12.1 Å². The van der Waals surface area contributed by atoms with Crippen molar-refractivity contribution in [3.63, 3.8) is 0 Å². The molecule has 0 spiro atoms. The van der Waals surface area contributed by atoms with Gasteiger partial charge >= 0.3 is 5.51 Å². The molecule has 1 rings (SSSR count). The van der Waals surface area contributed by atoms with Gasteiger partial charge in [0.05, 0.1) is 0 Å². The van der Waals surface area contributed by atoms with Crippen molar-refractivity contribution >= 4 is 17.4 Å². The van der Waals surface area contributed by atoms with Gasteiger partial charge in [0, 0.05) is 16.6 Å². The van der Waals surface area contributed by atoms with Gasteiger partial charge in [-0.05, 0) is 48.4 Å². The van der Waals surface area contributed by atoms with E-state index in [9.17, 15) is 13.2 Å². The summed E-state index contributed by atoms with van der Waals surface area (Å²) < 4.78 is 36.5. The topological polar surface area (TPSA) is 12.0 Å². The van der Waals surface area contributed by atoms with Crippen LogP contribution in [0.3, 0.4) is 0 Å². The summed E-state index contributed by atoms with van der Waals surface area (Å²) in [5.74, 6) is 0.485. The Hall–Kier alpha value is -0.840. The van der Waals surface area contributed by atoms with Gasteiger partial charge in [-0.1, -0.05) is 20.8 Å². The zero-order valence-corrected chi connectivity index (χ0v) is 11.5. The van der Waals surface area contributed by atoms with Gasteiger partial charge in [-0.25, -0.2) is 0 Å². The summed E-state index contributed by atoms with van der Waals surface area (Å²) in [6.45, 7) is 6.33. The van der Waals surface area contributed by atoms with Crippen LogP contribution in [0.15, 0.2) is 29.2 Å². The Kier molecular flexibility index (Phi) is 5.38. The lowest BCUT2D eigenvalue weighted by Gasteiger charge is -2.22. The fourth-order valence-corrected chi connectivity index (χ4v) is 2.25. The zero-order valence-electron chi connectivity index (χ0n) is 10.7. The molecule has 0 saturated heterocycles. The van der Waals surface area contributed by atoms with Crippen LogP contribution in [-0.2, 0) is 0 Å². The van der Waals surface area contributed by atoms with Crippen LogP contribution < -0.4 is 5.32 Å². The van der Waals surface area contributed by atoms with E-state index in [2.05, 4.69) is 26.1 Å². The van der Waals surface area contributed by atoms with Crippen molar-refractivity contribution in [1.82, 2.24) is 0 Å². The quantitative estimate of drug-likeness (QED) is 0.747. The number of nitrogens with one attached hydrogen (secondary N) is 1. The molecule has 1 N–H and O–H groups in total. The third kappa shape index (κ3) is 5.21. The van der Waals surface area contributed by atoms with Gasteiger partial charge in [-0.15, -0.1) is 0 Å². The molecule has 1 aromatic carbocycles. The normalized spacial score (nSPS) is 13.7. The number of alkyl halides is 3. The van der Waals surface area contributed by atoms with E-state index in [-0.39, 0.29) is 16.7 Å². The van der Waals surface area contributed by atoms with E-state index in [1.807, 2.05) is 0 Å². The lowest BCUT2D eigenvalue weighted by atomic mass is 10.0. The van der Waals surface area contributed by atoms with Crippen LogP contribution in [0.2, 0.25) is 0 Å². The third-order valence-corrected chi connectivity index (χ3v) is 3.42. The van der Waals surface area contributed by atoms with Gasteiger partial charge in [0.15, 0.2) is 0 Å². The van der Waals surface area contributed by atoms with Crippen molar-refractivity contribution in [3.8, 4) is 0 Å². The molecular weight excluding hydrogens is 259 g/mol. The summed E-state index contributed by atoms with van der Waals surface area (Å²) in [5.41, 5.74) is -3.36. The highest BCUT2D eigenvalue weighted by Gasteiger charge is 2.29. The van der Waals surface area contributed by atoms with Crippen LogP contribution in [0.25, 0.3) is 0 Å². The van der Waals surface area contributed by atoms with Crippen LogP contribution in [0, 0.1) is 5.92 Å². The maximum absolute atomic E-state index is 12.2. The fourth-order valence-electron chi connectivity index (χ4n) is 1.71. The molecule has 0 fully saturated rings. The number of hydrogen-bond acceptors (Lipinski definition) is 2. The molecule has 0 radical (unpaired) electrons. The number of rotatable bonds is 5. The van der Waals surface area contributed by atoms with Gasteiger partial charge in [0.25, 0.3) is 0 Å². The zero-order chi connectivity index (χ0) is 13.8. The Balaban J connectivity index is 2.65. The third-order valence-electron chi connectivity index (χ3n) is 2.68. The Morgan fingerprint density at radius 3 is 2.11 bits per heavy atom. The minimum Gasteiger partial charge on any atom is -0.382 e. The van der Waals surface area contributed by atoms with Gasteiger partial charge in [0.1, 0.15) is 0 Å². The largest absolute Gasteiger partial charge is 0.446 e. The van der Waals surface area contributed by atoms with Crippen molar-refractivity contribution < 1.29 is 13.2 Å². The average molecular weight is 277 g/mol. The second-order valence-corrected chi connectivity index (χ2v) is 5.61. The predicted molar refractivity (Wildman–Crippen MR) is 70.9 cm³/mol. The first-order valence-electron chi connectivity index (χ1n) is 5.94. The second-order valence-electron chi connectivity index (χ2n) is 4.48. The van der Waals surface area contributed by atoms with Crippen molar-refractivity contribution in [1.29, 1.82) is 0 Å². The Morgan fingerprint density at radius 2 is 1.72 bits per heavy atom. The first-order valence-corrected chi connectivity index (χ1v) is 6.76. The molecular formula is C13H18F3NS. The molecule has 1 nitrogen and oxygen atoms in total. The Morgan fingerprint density at radius 1 is 1.17 bits per heavy atom. The first-order chi connectivity index (χ1) is 8.31. The fraction of sp³-hybridized carbons (Fsp3) is 0.538. The Labute approximate surface area is 110 Å². The average Bonchev–Trinajstić information content (AvgIpc) is 2.25. The summed E-state index contributed by atoms with van der Waals surface area (Å²) in [4.78, 5) is 0.214. The SMILES string of the molecule is CCC(Nc1ccc(SC(F)(F)F)cc1)C(C)C. The summed E-state index contributed by atoms with van der Waals surface area (Å²) in [6.07, 6.45) is 0.983. The number of hydrogen-bond donors (Lipinski definition) is 1. The summed E-state index contributed by atoms with van der Waals surface area (Å²) in [6, 6.07) is 6.71. The minimum atomic E-state index is -4.22. The van der Waals surface area contributed by atoms with E-state index in [4.69, 9.17) is 0 Å². The number of thioether (sulfide) groups is 1. The molecule has 1 aromatic rings. The van der Waals surface area contributed by atoms with E-state index in [1.165, 1.54) is 12.1 Å². The van der Waals surface area contributed by atoms with Gasteiger partial charge < -0.3 is 5.32 Å². The van der Waals surface area contributed by atoms with Crippen LogP contribution in [0.4, 0.5) is 18.9 Å². The lowest BCUT2D eigenvalue weighted by Crippen LogP contribution is -2.24. The predicted octanol–water partition coefficient (Wildman–Crippen LogP) is 5.15. The van der Waals surface area contributed by atoms with Crippen LogP contribution in [-0.4, -0.2) is 11.6 Å². The molecule has 1 atom stereocenters. The molecule has 18 heavy (non-hydrogen) atoms. The second kappa shape index (κ2) is 6.36. The summed E-state index contributed by atoms with van der Waals surface area (Å²) in [5, 5.41) is 3.33. The highest BCUT2D eigenvalue weighted by Crippen LogP contribution is 2.37. The van der Waals surface area contributed by atoms with E-state index < -0.39 is 5.51 Å². The monoisotopic (exact) mass is 277 g/mol. The van der Waals surface area contributed by atoms with E-state index in [0.717, 1.165) is 12.1 Å². The van der Waals surface area contributed by atoms with Crippen LogP contribution in [0.5, 0.6) is 0 Å². The van der Waals surface area contributed by atoms with Gasteiger partial charge in [0.2, 0.25) is 0 Å². The molecule has 5 heteroatoms. The van der Waals surface area contributed by atoms with Crippen molar-refractivity contribution in [2.45, 2.75) is 43.6 Å². The molecule has 0 aliphatic heterocycles. The molecule has 0 saturated carbocycles. The number of benzene rings is 1.